The van der Waals surface area contributed by atoms with Crippen LogP contribution in [0.5, 0.6) is 5.75 Å². The van der Waals surface area contributed by atoms with Gasteiger partial charge >= 0.3 is 0 Å². The van der Waals surface area contributed by atoms with Gasteiger partial charge in [0.05, 0.1) is 18.4 Å². The van der Waals surface area contributed by atoms with Crippen molar-refractivity contribution in [3.63, 3.8) is 0 Å². The number of likely N-dealkylation sites (tertiary alicyclic amines) is 1. The first-order valence-electron chi connectivity index (χ1n) is 8.00. The maximum atomic E-state index is 12.4. The van der Waals surface area contributed by atoms with E-state index < -0.39 is 10.0 Å². The molecule has 1 aromatic rings. The van der Waals surface area contributed by atoms with Crippen LogP contribution in [0.2, 0.25) is 0 Å². The second kappa shape index (κ2) is 6.56. The van der Waals surface area contributed by atoms with Gasteiger partial charge in [-0.1, -0.05) is 18.2 Å². The van der Waals surface area contributed by atoms with Crippen LogP contribution in [0.15, 0.2) is 18.2 Å². The Morgan fingerprint density at radius 1 is 1.32 bits per heavy atom. The van der Waals surface area contributed by atoms with Crippen LogP contribution >= 0.6 is 0 Å². The molecule has 0 unspecified atom stereocenters. The first-order chi connectivity index (χ1) is 10.6. The number of fused-ring (bicyclic) bond motifs is 1. The first kappa shape index (κ1) is 15.8. The molecular formula is C16H24N2O3S. The number of benzene rings is 1. The largest absolute Gasteiger partial charge is 0.493 e. The van der Waals surface area contributed by atoms with Crippen LogP contribution in [0.25, 0.3) is 0 Å². The monoisotopic (exact) mass is 324 g/mol. The normalized spacial score (nSPS) is 22.3. The molecule has 2 aliphatic rings. The molecule has 0 saturated carbocycles. The molecule has 0 amide bonds. The minimum atomic E-state index is -3.27. The Bertz CT molecular complexity index is 624. The lowest BCUT2D eigenvalue weighted by Crippen LogP contribution is -2.37. The maximum absolute atomic E-state index is 12.4. The van der Waals surface area contributed by atoms with Gasteiger partial charge in [-0.3, -0.25) is 0 Å². The minimum absolute atomic E-state index is 0.172. The predicted molar refractivity (Wildman–Crippen MR) is 86.6 cm³/mol. The third-order valence-electron chi connectivity index (χ3n) is 4.47. The van der Waals surface area contributed by atoms with Gasteiger partial charge in [0.25, 0.3) is 0 Å². The highest BCUT2D eigenvalue weighted by Gasteiger charge is 2.27. The zero-order valence-corrected chi connectivity index (χ0v) is 13.9. The summed E-state index contributed by atoms with van der Waals surface area (Å²) in [4.78, 5) is 2.22. The molecule has 6 heteroatoms. The molecule has 1 aromatic carbocycles. The average molecular weight is 324 g/mol. The van der Waals surface area contributed by atoms with E-state index in [-0.39, 0.29) is 11.8 Å². The van der Waals surface area contributed by atoms with Crippen LogP contribution in [0.3, 0.4) is 0 Å². The van der Waals surface area contributed by atoms with Crippen LogP contribution < -0.4 is 9.46 Å². The van der Waals surface area contributed by atoms with E-state index in [4.69, 9.17) is 4.74 Å². The molecule has 2 heterocycles. The summed E-state index contributed by atoms with van der Waals surface area (Å²) in [6.45, 7) is 5.21. The van der Waals surface area contributed by atoms with Gasteiger partial charge < -0.3 is 9.64 Å². The van der Waals surface area contributed by atoms with Crippen LogP contribution in [0, 0.1) is 6.92 Å². The third kappa shape index (κ3) is 3.62. The molecule has 1 atom stereocenters. The number of rotatable bonds is 5. The zero-order valence-electron chi connectivity index (χ0n) is 13.0. The summed E-state index contributed by atoms with van der Waals surface area (Å²) in [5.74, 6) is 1.01. The Balaban J connectivity index is 1.66. The lowest BCUT2D eigenvalue weighted by molar-refractivity contribution is 0.261. The fourth-order valence-electron chi connectivity index (χ4n) is 3.23. The summed E-state index contributed by atoms with van der Waals surface area (Å²) >= 11 is 0. The van der Waals surface area contributed by atoms with E-state index in [1.54, 1.807) is 0 Å². The number of nitrogens with one attached hydrogen (secondary N) is 1. The fraction of sp³-hybridized carbons (Fsp3) is 0.625. The molecule has 0 aliphatic carbocycles. The summed E-state index contributed by atoms with van der Waals surface area (Å²) in [5.41, 5.74) is 2.01. The highest BCUT2D eigenvalue weighted by Crippen LogP contribution is 2.34. The summed E-state index contributed by atoms with van der Waals surface area (Å²) in [6, 6.07) is 5.72. The van der Waals surface area contributed by atoms with Crippen LogP contribution in [-0.2, 0) is 10.0 Å². The van der Waals surface area contributed by atoms with Gasteiger partial charge in [-0.15, -0.1) is 0 Å². The zero-order chi connectivity index (χ0) is 15.6. The van der Waals surface area contributed by atoms with E-state index in [0.717, 1.165) is 30.0 Å². The second-order valence-electron chi connectivity index (χ2n) is 6.17. The van der Waals surface area contributed by atoms with Crippen molar-refractivity contribution in [3.05, 3.63) is 29.3 Å². The fourth-order valence-corrected chi connectivity index (χ4v) is 4.53. The average Bonchev–Trinajstić information content (AvgIpc) is 3.00. The van der Waals surface area contributed by atoms with Gasteiger partial charge in [0, 0.05) is 18.5 Å². The summed E-state index contributed by atoms with van der Waals surface area (Å²) < 4.78 is 33.3. The van der Waals surface area contributed by atoms with Gasteiger partial charge in [0.1, 0.15) is 5.75 Å². The van der Waals surface area contributed by atoms with Crippen molar-refractivity contribution in [1.82, 2.24) is 9.62 Å². The number of nitrogens with zero attached hydrogens (tertiary/aromatic N) is 1. The second-order valence-corrected chi connectivity index (χ2v) is 8.04. The Morgan fingerprint density at radius 2 is 2.09 bits per heavy atom. The summed E-state index contributed by atoms with van der Waals surface area (Å²) in [6.07, 6.45) is 3.04. The van der Waals surface area contributed by atoms with Gasteiger partial charge in [0.2, 0.25) is 10.0 Å². The highest BCUT2D eigenvalue weighted by molar-refractivity contribution is 7.89. The van der Waals surface area contributed by atoms with Gasteiger partial charge in [0.15, 0.2) is 0 Å². The van der Waals surface area contributed by atoms with Crippen LogP contribution in [0.4, 0.5) is 0 Å². The molecule has 0 spiro atoms. The molecule has 3 rings (SSSR count). The van der Waals surface area contributed by atoms with E-state index in [1.807, 2.05) is 25.1 Å². The van der Waals surface area contributed by atoms with Crippen molar-refractivity contribution in [1.29, 1.82) is 0 Å². The van der Waals surface area contributed by atoms with E-state index in [2.05, 4.69) is 9.62 Å². The molecule has 122 valence electrons. The smallest absolute Gasteiger partial charge is 0.213 e. The van der Waals surface area contributed by atoms with Crippen molar-refractivity contribution in [2.75, 3.05) is 32.0 Å². The Kier molecular flexibility index (Phi) is 4.70. The molecule has 0 radical (unpaired) electrons. The van der Waals surface area contributed by atoms with Gasteiger partial charge in [-0.05, 0) is 38.4 Å². The first-order valence-corrected chi connectivity index (χ1v) is 9.65. The number of sulfonamides is 1. The van der Waals surface area contributed by atoms with Crippen molar-refractivity contribution >= 4 is 10.0 Å². The van der Waals surface area contributed by atoms with Crippen molar-refractivity contribution < 1.29 is 13.2 Å². The molecule has 1 N–H and O–H groups in total. The van der Waals surface area contributed by atoms with Crippen LogP contribution in [0.1, 0.15) is 36.4 Å². The molecule has 22 heavy (non-hydrogen) atoms. The van der Waals surface area contributed by atoms with Gasteiger partial charge in [-0.2, -0.15) is 0 Å². The highest BCUT2D eigenvalue weighted by atomic mass is 32.2. The molecule has 1 saturated heterocycles. The molecule has 5 nitrogen and oxygen atoms in total. The topological polar surface area (TPSA) is 58.6 Å². The summed E-state index contributed by atoms with van der Waals surface area (Å²) in [5, 5.41) is 0. The molecule has 2 aliphatic heterocycles. The van der Waals surface area contributed by atoms with Gasteiger partial charge in [-0.25, -0.2) is 13.1 Å². The minimum Gasteiger partial charge on any atom is -0.493 e. The lowest BCUT2D eigenvalue weighted by atomic mass is 9.99. The number of ether oxygens (including phenoxy) is 1. The standard InChI is InChI=1S/C16H24N2O3S/c1-13-5-4-6-14-15(7-11-21-16(13)14)17-22(19,20)12-10-18-8-2-3-9-18/h4-6,15,17H,2-3,7-12H2,1H3/t15-/m0/s1. The lowest BCUT2D eigenvalue weighted by Gasteiger charge is -2.28. The molecule has 1 fully saturated rings. The Labute approximate surface area is 132 Å². The molecule has 0 bridgehead atoms. The number of hydrogen-bond donors (Lipinski definition) is 1. The predicted octanol–water partition coefficient (Wildman–Crippen LogP) is 1.83. The number of aryl methyl sites for hydroxylation is 1. The van der Waals surface area contributed by atoms with E-state index in [1.165, 1.54) is 12.8 Å². The van der Waals surface area contributed by atoms with Crippen molar-refractivity contribution in [3.8, 4) is 5.75 Å². The van der Waals surface area contributed by atoms with E-state index in [9.17, 15) is 8.42 Å². The molecular weight excluding hydrogens is 300 g/mol. The number of para-hydroxylation sites is 1. The van der Waals surface area contributed by atoms with Crippen molar-refractivity contribution in [2.24, 2.45) is 0 Å². The number of hydrogen-bond acceptors (Lipinski definition) is 4. The van der Waals surface area contributed by atoms with Crippen LogP contribution in [-0.4, -0.2) is 45.3 Å². The van der Waals surface area contributed by atoms with E-state index >= 15 is 0 Å². The van der Waals surface area contributed by atoms with E-state index in [0.29, 0.717) is 19.6 Å². The van der Waals surface area contributed by atoms with Crippen molar-refractivity contribution in [2.45, 2.75) is 32.2 Å². The Morgan fingerprint density at radius 3 is 2.86 bits per heavy atom. The third-order valence-corrected chi connectivity index (χ3v) is 5.83. The summed E-state index contributed by atoms with van der Waals surface area (Å²) in [7, 11) is -3.27. The maximum Gasteiger partial charge on any atom is 0.213 e. The Hall–Kier alpha value is -1.11. The SMILES string of the molecule is Cc1cccc2c1OCC[C@@H]2NS(=O)(=O)CCN1CCCC1. The molecule has 0 aromatic heterocycles. The quantitative estimate of drug-likeness (QED) is 0.898.